The number of benzene rings is 2. The number of anilines is 1. The molecular weight excluding hydrogens is 659 g/mol. The molecule has 52 heavy (non-hydrogen) atoms. The summed E-state index contributed by atoms with van der Waals surface area (Å²) in [6, 6.07) is 11.8. The fourth-order valence-corrected chi connectivity index (χ4v) is 11.3. The molecule has 0 radical (unpaired) electrons. The second-order valence-corrected chi connectivity index (χ2v) is 16.6. The molecule has 5 aliphatic rings. The van der Waals surface area contributed by atoms with Crippen LogP contribution >= 0.6 is 0 Å². The molecule has 1 amide bonds. The van der Waals surface area contributed by atoms with Crippen LogP contribution < -0.4 is 5.32 Å². The van der Waals surface area contributed by atoms with Crippen molar-refractivity contribution in [2.45, 2.75) is 65.4 Å². The lowest BCUT2D eigenvalue weighted by Crippen LogP contribution is -2.56. The first kappa shape index (κ1) is 34.6. The summed E-state index contributed by atoms with van der Waals surface area (Å²) in [6.07, 6.45) is 10.9. The van der Waals surface area contributed by atoms with E-state index < -0.39 is 23.3 Å². The Balaban J connectivity index is 0.893. The number of allylic oxidation sites excluding steroid dienone is 4. The van der Waals surface area contributed by atoms with Crippen molar-refractivity contribution in [2.24, 2.45) is 52.3 Å². The van der Waals surface area contributed by atoms with Crippen LogP contribution in [0.15, 0.2) is 78.7 Å². The number of aliphatic hydroxyl groups excluding tert-OH is 1. The van der Waals surface area contributed by atoms with E-state index in [9.17, 15) is 24.3 Å². The molecule has 270 valence electrons. The van der Waals surface area contributed by atoms with Gasteiger partial charge in [-0.1, -0.05) is 57.5 Å². The maximum Gasteiger partial charge on any atom is 0.338 e. The van der Waals surface area contributed by atoms with Gasteiger partial charge in [0, 0.05) is 46.3 Å². The number of esters is 1. The highest BCUT2D eigenvalue weighted by Gasteiger charge is 2.64. The maximum absolute atomic E-state index is 15.1. The van der Waals surface area contributed by atoms with E-state index in [1.165, 1.54) is 6.20 Å². The monoisotopic (exact) mass is 704 g/mol. The van der Waals surface area contributed by atoms with Crippen LogP contribution in [0.2, 0.25) is 0 Å². The molecule has 0 spiro atoms. The minimum atomic E-state index is -0.614. The summed E-state index contributed by atoms with van der Waals surface area (Å²) < 4.78 is 20.7. The van der Waals surface area contributed by atoms with Gasteiger partial charge in [0.1, 0.15) is 0 Å². The first-order chi connectivity index (χ1) is 24.8. The zero-order valence-corrected chi connectivity index (χ0v) is 30.0. The average Bonchev–Trinajstić information content (AvgIpc) is 3.72. The second-order valence-electron chi connectivity index (χ2n) is 16.6. The fourth-order valence-electron chi connectivity index (χ4n) is 11.3. The van der Waals surface area contributed by atoms with E-state index in [4.69, 9.17) is 4.74 Å². The Morgan fingerprint density at radius 2 is 1.85 bits per heavy atom. The van der Waals surface area contributed by atoms with Crippen molar-refractivity contribution in [3.63, 3.8) is 0 Å². The number of nitrogens with zero attached hydrogens (tertiary/aromatic N) is 1. The first-order valence-corrected chi connectivity index (χ1v) is 18.6. The van der Waals surface area contributed by atoms with E-state index >= 15 is 4.39 Å². The van der Waals surface area contributed by atoms with Gasteiger partial charge < -0.3 is 15.2 Å². The Bertz CT molecular complexity index is 2060. The van der Waals surface area contributed by atoms with E-state index in [1.54, 1.807) is 48.7 Å². The topological polar surface area (TPSA) is 123 Å². The molecule has 2 N–H and O–H groups in total. The lowest BCUT2D eigenvalue weighted by molar-refractivity contribution is -0.142. The molecule has 0 saturated heterocycles. The van der Waals surface area contributed by atoms with Crippen molar-refractivity contribution < 1.29 is 33.4 Å². The molecule has 1 aromatic heterocycles. The number of fused-ring (bicyclic) bond motifs is 6. The first-order valence-electron chi connectivity index (χ1n) is 18.6. The Kier molecular flexibility index (Phi) is 8.36. The van der Waals surface area contributed by atoms with E-state index in [2.05, 4.69) is 31.1 Å². The fraction of sp³-hybridized carbons (Fsp3) is 0.465. The smallest absolute Gasteiger partial charge is 0.338 e. The summed E-state index contributed by atoms with van der Waals surface area (Å²) >= 11 is 0. The van der Waals surface area contributed by atoms with E-state index in [1.807, 2.05) is 25.1 Å². The van der Waals surface area contributed by atoms with E-state index in [0.717, 1.165) is 30.4 Å². The van der Waals surface area contributed by atoms with Gasteiger partial charge in [0.15, 0.2) is 24.0 Å². The number of amides is 1. The highest BCUT2D eigenvalue weighted by molar-refractivity contribution is 6.01. The largest absolute Gasteiger partial charge is 0.454 e. The number of carbonyl (C=O) groups is 4. The zero-order chi connectivity index (χ0) is 36.7. The molecule has 0 bridgehead atoms. The van der Waals surface area contributed by atoms with Crippen molar-refractivity contribution in [3.8, 4) is 0 Å². The number of pyridine rings is 1. The van der Waals surface area contributed by atoms with Gasteiger partial charge in [0.05, 0.1) is 17.4 Å². The molecular formula is C43H45FN2O6. The molecule has 3 aromatic rings. The molecule has 2 aromatic carbocycles. The molecule has 4 fully saturated rings. The number of rotatable bonds is 7. The van der Waals surface area contributed by atoms with Gasteiger partial charge in [-0.25, -0.2) is 9.18 Å². The van der Waals surface area contributed by atoms with Crippen molar-refractivity contribution in [1.29, 1.82) is 0 Å². The molecule has 5 aliphatic carbocycles. The lowest BCUT2D eigenvalue weighted by Gasteiger charge is -2.58. The van der Waals surface area contributed by atoms with Crippen LogP contribution in [0.3, 0.4) is 0 Å². The Morgan fingerprint density at radius 1 is 1.08 bits per heavy atom. The summed E-state index contributed by atoms with van der Waals surface area (Å²) in [6.45, 7) is 8.03. The number of carbonyl (C=O) groups excluding carboxylic acids is 4. The van der Waals surface area contributed by atoms with Gasteiger partial charge >= 0.3 is 5.97 Å². The standard InChI is InChI=1S/C43H45FN2O6/c1-22-17-31-30-11-10-27-18-28(47)13-15-42(27,3)38(30)33(48)19-43(31,4)37(22)34(49)21-52-41(51)25-7-5-24(6-8-25)35-23(2)36(35)40(50)46-32-12-9-26-20-45-16-14-29(26)39(32)44/h5-9,12-16,18,20,22-23,30-31,33,35-38,48H,10-11,17,19,21H2,1-4H3,(H,46,50)/t22-,23?,30+,31?,33+,35?,36?,37-,38?,42+,43+/m1/s1. The van der Waals surface area contributed by atoms with Gasteiger partial charge in [-0.2, -0.15) is 0 Å². The molecule has 8 nitrogen and oxygen atoms in total. The quantitative estimate of drug-likeness (QED) is 0.249. The van der Waals surface area contributed by atoms with Gasteiger partial charge in [0.25, 0.3) is 0 Å². The molecule has 11 atom stereocenters. The van der Waals surface area contributed by atoms with Crippen LogP contribution in [-0.2, 0) is 19.1 Å². The summed E-state index contributed by atoms with van der Waals surface area (Å²) in [5.41, 5.74) is 1.66. The molecule has 4 saturated carbocycles. The molecule has 8 rings (SSSR count). The molecule has 5 unspecified atom stereocenters. The summed E-state index contributed by atoms with van der Waals surface area (Å²) in [5, 5.41) is 15.5. The highest BCUT2D eigenvalue weighted by atomic mass is 19.1. The number of hydrogen-bond acceptors (Lipinski definition) is 7. The lowest BCUT2D eigenvalue weighted by atomic mass is 9.46. The SMILES string of the molecule is CC1C(C(=O)Nc2ccc3cnccc3c2F)C1c1ccc(C(=O)OCC(=O)[C@H]2[C@H](C)CC3[C@@H]4CCC5=CC(=O)C=C[C@]5(C)C4[C@@H](O)C[C@@]32C)cc1. The number of nitrogens with one attached hydrogen (secondary N) is 1. The number of halogens is 1. The second kappa shape index (κ2) is 12.6. The van der Waals surface area contributed by atoms with Gasteiger partial charge in [-0.15, -0.1) is 0 Å². The van der Waals surface area contributed by atoms with Crippen LogP contribution in [0.5, 0.6) is 0 Å². The van der Waals surface area contributed by atoms with Crippen LogP contribution in [0.25, 0.3) is 10.8 Å². The van der Waals surface area contributed by atoms with Crippen molar-refractivity contribution >= 4 is 39.9 Å². The van der Waals surface area contributed by atoms with Crippen molar-refractivity contribution in [3.05, 3.63) is 95.6 Å². The van der Waals surface area contributed by atoms with E-state index in [-0.39, 0.29) is 82.5 Å². The van der Waals surface area contributed by atoms with Crippen LogP contribution in [-0.4, -0.2) is 46.2 Å². The third-order valence-electron chi connectivity index (χ3n) is 13.8. The van der Waals surface area contributed by atoms with Crippen LogP contribution in [0, 0.1) is 58.1 Å². The predicted octanol–water partition coefficient (Wildman–Crippen LogP) is 7.23. The number of ketones is 2. The minimum Gasteiger partial charge on any atom is -0.454 e. The minimum absolute atomic E-state index is 0.00724. The predicted molar refractivity (Wildman–Crippen MR) is 193 cm³/mol. The summed E-state index contributed by atoms with van der Waals surface area (Å²) in [7, 11) is 0. The van der Waals surface area contributed by atoms with E-state index in [0.29, 0.717) is 22.8 Å². The maximum atomic E-state index is 15.1. The average molecular weight is 705 g/mol. The number of hydrogen-bond donors (Lipinski definition) is 2. The van der Waals surface area contributed by atoms with Crippen molar-refractivity contribution in [2.75, 3.05) is 11.9 Å². The Labute approximate surface area is 302 Å². The molecule has 9 heteroatoms. The molecule has 0 aliphatic heterocycles. The van der Waals surface area contributed by atoms with Crippen LogP contribution in [0.1, 0.15) is 75.2 Å². The molecule has 1 heterocycles. The third kappa shape index (κ3) is 5.46. The zero-order valence-electron chi connectivity index (χ0n) is 30.0. The third-order valence-corrected chi connectivity index (χ3v) is 13.8. The van der Waals surface area contributed by atoms with Gasteiger partial charge in [-0.3, -0.25) is 19.4 Å². The van der Waals surface area contributed by atoms with Gasteiger partial charge in [-0.05, 0) is 103 Å². The highest BCUT2D eigenvalue weighted by Crippen LogP contribution is 2.67. The number of ether oxygens (including phenoxy) is 1. The summed E-state index contributed by atoms with van der Waals surface area (Å²) in [5.74, 6) is -1.61. The number of Topliss-reactive ketones (excluding diaryl/α,β-unsaturated/α-hetero) is 1. The number of aliphatic hydroxyl groups is 1. The normalized spacial score (nSPS) is 35.9. The summed E-state index contributed by atoms with van der Waals surface area (Å²) in [4.78, 5) is 56.4. The van der Waals surface area contributed by atoms with Gasteiger partial charge in [0.2, 0.25) is 5.91 Å². The Hall–Kier alpha value is -4.50. The Morgan fingerprint density at radius 3 is 2.62 bits per heavy atom. The number of aromatic nitrogens is 1. The van der Waals surface area contributed by atoms with Crippen molar-refractivity contribution in [1.82, 2.24) is 4.98 Å². The van der Waals surface area contributed by atoms with Crippen LogP contribution in [0.4, 0.5) is 10.1 Å².